The number of pyridine rings is 1. The Morgan fingerprint density at radius 3 is 2.67 bits per heavy atom. The molecule has 2 heterocycles. The lowest BCUT2D eigenvalue weighted by molar-refractivity contribution is 0.0730. The number of nitrogens with zero attached hydrogens (tertiary/aromatic N) is 2. The van der Waals surface area contributed by atoms with Crippen molar-refractivity contribution in [2.45, 2.75) is 25.2 Å². The quantitative estimate of drug-likeness (QED) is 0.847. The van der Waals surface area contributed by atoms with Crippen molar-refractivity contribution < 1.29 is 17.9 Å². The smallest absolute Gasteiger partial charge is 0.256 e. The maximum atomic E-state index is 13.1. The van der Waals surface area contributed by atoms with Crippen molar-refractivity contribution in [2.24, 2.45) is 0 Å². The molecule has 1 saturated heterocycles. The number of aromatic nitrogens is 1. The Balaban J connectivity index is 1.93. The lowest BCUT2D eigenvalue weighted by atomic mass is 10.1. The van der Waals surface area contributed by atoms with Gasteiger partial charge in [-0.25, -0.2) is 13.4 Å². The molecule has 1 N–H and O–H groups in total. The summed E-state index contributed by atoms with van der Waals surface area (Å²) in [7, 11) is -3.68. The number of anilines is 1. The van der Waals surface area contributed by atoms with Crippen molar-refractivity contribution in [2.75, 3.05) is 31.6 Å². The van der Waals surface area contributed by atoms with Crippen LogP contribution in [0.1, 0.15) is 28.4 Å². The molecule has 1 fully saturated rings. The standard InChI is InChI=1S/C19H23N3O4S/c1-3-15-6-7-16(19(23)21-18-14(2)5-4-8-20-18)13-17(15)27(24,25)22-9-11-26-12-10-22/h4-8,13H,3,9-12H2,1-2H3,(H,20,21,23). The largest absolute Gasteiger partial charge is 0.379 e. The van der Waals surface area contributed by atoms with Gasteiger partial charge < -0.3 is 10.1 Å². The van der Waals surface area contributed by atoms with Gasteiger partial charge in [0.05, 0.1) is 18.1 Å². The molecule has 3 rings (SSSR count). The molecule has 7 nitrogen and oxygen atoms in total. The number of carbonyl (C=O) groups excluding carboxylic acids is 1. The molecule has 0 aliphatic carbocycles. The van der Waals surface area contributed by atoms with Crippen LogP contribution >= 0.6 is 0 Å². The Hall–Kier alpha value is -2.29. The maximum Gasteiger partial charge on any atom is 0.256 e. The number of ether oxygens (including phenoxy) is 1. The van der Waals surface area contributed by atoms with Gasteiger partial charge >= 0.3 is 0 Å². The van der Waals surface area contributed by atoms with E-state index in [0.717, 1.165) is 5.56 Å². The molecule has 144 valence electrons. The van der Waals surface area contributed by atoms with Crippen LogP contribution in [-0.2, 0) is 21.2 Å². The van der Waals surface area contributed by atoms with Crippen molar-refractivity contribution in [1.29, 1.82) is 0 Å². The number of sulfonamides is 1. The molecule has 0 bridgehead atoms. The van der Waals surface area contributed by atoms with E-state index >= 15 is 0 Å². The molecule has 1 aliphatic heterocycles. The van der Waals surface area contributed by atoms with Gasteiger partial charge in [-0.3, -0.25) is 4.79 Å². The minimum absolute atomic E-state index is 0.178. The van der Waals surface area contributed by atoms with Gasteiger partial charge in [-0.05, 0) is 42.7 Å². The molecule has 0 atom stereocenters. The van der Waals surface area contributed by atoms with Gasteiger partial charge in [0.15, 0.2) is 0 Å². The summed E-state index contributed by atoms with van der Waals surface area (Å²) in [5.74, 6) is 0.0672. The van der Waals surface area contributed by atoms with E-state index in [-0.39, 0.29) is 10.5 Å². The summed E-state index contributed by atoms with van der Waals surface area (Å²) in [6.45, 7) is 5.12. The first-order valence-electron chi connectivity index (χ1n) is 8.87. The summed E-state index contributed by atoms with van der Waals surface area (Å²) in [6, 6.07) is 8.43. The van der Waals surface area contributed by atoms with Gasteiger partial charge in [0, 0.05) is 24.8 Å². The van der Waals surface area contributed by atoms with E-state index in [1.165, 1.54) is 10.4 Å². The molecule has 0 radical (unpaired) electrons. The van der Waals surface area contributed by atoms with Gasteiger partial charge in [0.1, 0.15) is 5.82 Å². The third-order valence-corrected chi connectivity index (χ3v) is 6.52. The van der Waals surface area contributed by atoms with Gasteiger partial charge in [-0.15, -0.1) is 0 Å². The third-order valence-electron chi connectivity index (χ3n) is 4.54. The third kappa shape index (κ3) is 4.18. The van der Waals surface area contributed by atoms with E-state index in [2.05, 4.69) is 10.3 Å². The molecule has 1 aromatic carbocycles. The van der Waals surface area contributed by atoms with Crippen molar-refractivity contribution in [3.8, 4) is 0 Å². The monoisotopic (exact) mass is 389 g/mol. The number of hydrogen-bond donors (Lipinski definition) is 1. The van der Waals surface area contributed by atoms with Gasteiger partial charge in [-0.2, -0.15) is 4.31 Å². The summed E-state index contributed by atoms with van der Waals surface area (Å²) < 4.78 is 32.8. The zero-order valence-corrected chi connectivity index (χ0v) is 16.3. The van der Waals surface area contributed by atoms with E-state index in [9.17, 15) is 13.2 Å². The SMILES string of the molecule is CCc1ccc(C(=O)Nc2ncccc2C)cc1S(=O)(=O)N1CCOCC1. The van der Waals surface area contributed by atoms with E-state index < -0.39 is 15.9 Å². The Morgan fingerprint density at radius 1 is 1.26 bits per heavy atom. The van der Waals surface area contributed by atoms with Gasteiger partial charge in [-0.1, -0.05) is 19.1 Å². The van der Waals surface area contributed by atoms with E-state index in [0.29, 0.717) is 44.1 Å². The predicted molar refractivity (Wildman–Crippen MR) is 102 cm³/mol. The minimum Gasteiger partial charge on any atom is -0.379 e. The second kappa shape index (κ2) is 8.16. The van der Waals surface area contributed by atoms with Crippen LogP contribution in [0.2, 0.25) is 0 Å². The second-order valence-electron chi connectivity index (χ2n) is 6.32. The highest BCUT2D eigenvalue weighted by Gasteiger charge is 2.29. The van der Waals surface area contributed by atoms with Crippen molar-refractivity contribution >= 4 is 21.7 Å². The highest BCUT2D eigenvalue weighted by Crippen LogP contribution is 2.24. The Labute approximate surface area is 159 Å². The normalized spacial score (nSPS) is 15.5. The van der Waals surface area contributed by atoms with Crippen molar-refractivity contribution in [3.05, 3.63) is 53.2 Å². The number of nitrogens with one attached hydrogen (secondary N) is 1. The fraction of sp³-hybridized carbons (Fsp3) is 0.368. The summed E-state index contributed by atoms with van der Waals surface area (Å²) in [4.78, 5) is 17.0. The first kappa shape index (κ1) is 19.5. The molecule has 8 heteroatoms. The molecule has 1 aromatic heterocycles. The van der Waals surface area contributed by atoms with E-state index in [1.54, 1.807) is 24.4 Å². The lowest BCUT2D eigenvalue weighted by Gasteiger charge is -2.27. The molecule has 0 spiro atoms. The van der Waals surface area contributed by atoms with Crippen LogP contribution in [0.3, 0.4) is 0 Å². The van der Waals surface area contributed by atoms with Crippen LogP contribution in [-0.4, -0.2) is 49.9 Å². The fourth-order valence-electron chi connectivity index (χ4n) is 2.95. The van der Waals surface area contributed by atoms with Crippen LogP contribution < -0.4 is 5.32 Å². The predicted octanol–water partition coefficient (Wildman–Crippen LogP) is 2.23. The number of aryl methyl sites for hydroxylation is 2. The van der Waals surface area contributed by atoms with Crippen LogP contribution in [0, 0.1) is 6.92 Å². The number of carbonyl (C=O) groups is 1. The maximum absolute atomic E-state index is 13.1. The zero-order chi connectivity index (χ0) is 19.4. The van der Waals surface area contributed by atoms with Crippen LogP contribution in [0.15, 0.2) is 41.4 Å². The first-order chi connectivity index (χ1) is 12.9. The van der Waals surface area contributed by atoms with Crippen molar-refractivity contribution in [1.82, 2.24) is 9.29 Å². The van der Waals surface area contributed by atoms with Crippen molar-refractivity contribution in [3.63, 3.8) is 0 Å². The topological polar surface area (TPSA) is 88.6 Å². The fourth-order valence-corrected chi connectivity index (χ4v) is 4.68. The molecule has 2 aromatic rings. The highest BCUT2D eigenvalue weighted by atomic mass is 32.2. The van der Waals surface area contributed by atoms with Crippen LogP contribution in [0.4, 0.5) is 5.82 Å². The Bertz CT molecular complexity index is 938. The lowest BCUT2D eigenvalue weighted by Crippen LogP contribution is -2.41. The number of morpholine rings is 1. The summed E-state index contributed by atoms with van der Waals surface area (Å²) >= 11 is 0. The molecular formula is C19H23N3O4S. The number of hydrogen-bond acceptors (Lipinski definition) is 5. The number of benzene rings is 1. The van der Waals surface area contributed by atoms with Crippen LogP contribution in [0.5, 0.6) is 0 Å². The average Bonchev–Trinajstić information content (AvgIpc) is 2.69. The summed E-state index contributed by atoms with van der Waals surface area (Å²) in [5, 5.41) is 2.74. The summed E-state index contributed by atoms with van der Waals surface area (Å²) in [6.07, 6.45) is 2.15. The zero-order valence-electron chi connectivity index (χ0n) is 15.4. The Morgan fingerprint density at radius 2 is 2.00 bits per heavy atom. The number of rotatable bonds is 5. The highest BCUT2D eigenvalue weighted by molar-refractivity contribution is 7.89. The number of amides is 1. The van der Waals surface area contributed by atoms with E-state index in [4.69, 9.17) is 4.74 Å². The van der Waals surface area contributed by atoms with Gasteiger partial charge in [0.25, 0.3) is 5.91 Å². The molecule has 27 heavy (non-hydrogen) atoms. The average molecular weight is 389 g/mol. The molecular weight excluding hydrogens is 366 g/mol. The minimum atomic E-state index is -3.68. The molecule has 0 unspecified atom stereocenters. The second-order valence-corrected chi connectivity index (χ2v) is 8.22. The van der Waals surface area contributed by atoms with Gasteiger partial charge in [0.2, 0.25) is 10.0 Å². The molecule has 1 amide bonds. The summed E-state index contributed by atoms with van der Waals surface area (Å²) in [5.41, 5.74) is 1.80. The first-order valence-corrected chi connectivity index (χ1v) is 10.3. The van der Waals surface area contributed by atoms with Crippen LogP contribution in [0.25, 0.3) is 0 Å². The van der Waals surface area contributed by atoms with E-state index in [1.807, 2.05) is 19.9 Å². The Kier molecular flexibility index (Phi) is 5.88. The molecule has 0 saturated carbocycles. The molecule has 1 aliphatic rings.